The molecule has 13 heavy (non-hydrogen) atoms. The second-order valence-corrected chi connectivity index (χ2v) is 2.58. The molecule has 0 aromatic carbocycles. The van der Waals surface area contributed by atoms with Gasteiger partial charge in [0.25, 0.3) is 11.3 Å². The molecule has 2 heterocycles. The van der Waals surface area contributed by atoms with Gasteiger partial charge in [-0.3, -0.25) is 9.89 Å². The predicted octanol–water partition coefficient (Wildman–Crippen LogP) is 0.146. The zero-order chi connectivity index (χ0) is 9.26. The highest BCUT2D eigenvalue weighted by atomic mass is 16.1. The average molecular weight is 176 g/mol. The molecule has 66 valence electrons. The summed E-state index contributed by atoms with van der Waals surface area (Å²) in [7, 11) is 0. The van der Waals surface area contributed by atoms with Crippen LogP contribution in [0.5, 0.6) is 0 Å². The average Bonchev–Trinajstić information content (AvgIpc) is 2.49. The van der Waals surface area contributed by atoms with Crippen molar-refractivity contribution in [3.63, 3.8) is 0 Å². The van der Waals surface area contributed by atoms with Crippen LogP contribution < -0.4 is 5.56 Å². The van der Waals surface area contributed by atoms with E-state index in [1.165, 1.54) is 16.8 Å². The first-order valence-corrected chi connectivity index (χ1v) is 3.85. The first-order valence-electron chi connectivity index (χ1n) is 3.85. The second-order valence-electron chi connectivity index (χ2n) is 2.58. The smallest absolute Gasteiger partial charge is 0.273 e. The molecule has 0 spiro atoms. The first-order chi connectivity index (χ1) is 6.31. The minimum atomic E-state index is -0.159. The van der Waals surface area contributed by atoms with Gasteiger partial charge in [0, 0.05) is 18.7 Å². The molecule has 5 heteroatoms. The molecule has 0 aliphatic carbocycles. The molecule has 0 atom stereocenters. The minimum absolute atomic E-state index is 0.159. The molecule has 2 aromatic heterocycles. The Morgan fingerprint density at radius 1 is 1.69 bits per heavy atom. The lowest BCUT2D eigenvalue weighted by molar-refractivity contribution is 0.868. The summed E-state index contributed by atoms with van der Waals surface area (Å²) in [6, 6.07) is 1.38. The molecule has 0 bridgehead atoms. The van der Waals surface area contributed by atoms with E-state index in [1.807, 2.05) is 0 Å². The maximum atomic E-state index is 11.2. The summed E-state index contributed by atoms with van der Waals surface area (Å²) in [6.07, 6.45) is 3.75. The molecule has 1 N–H and O–H groups in total. The second kappa shape index (κ2) is 2.85. The summed E-state index contributed by atoms with van der Waals surface area (Å²) in [6.45, 7) is 3.58. The fourth-order valence-electron chi connectivity index (χ4n) is 1.09. The molecule has 0 saturated carbocycles. The Labute approximate surface area is 73.7 Å². The van der Waals surface area contributed by atoms with Gasteiger partial charge >= 0.3 is 0 Å². The van der Waals surface area contributed by atoms with E-state index in [-0.39, 0.29) is 5.56 Å². The molecule has 0 unspecified atom stereocenters. The molecule has 0 fully saturated rings. The Hall–Kier alpha value is -1.91. The third-order valence-electron chi connectivity index (χ3n) is 1.64. The van der Waals surface area contributed by atoms with E-state index in [1.54, 1.807) is 6.08 Å². The number of aromatic nitrogens is 4. The van der Waals surface area contributed by atoms with E-state index >= 15 is 0 Å². The summed E-state index contributed by atoms with van der Waals surface area (Å²) in [5.74, 6) is 1.08. The topological polar surface area (TPSA) is 63.1 Å². The molecule has 2 aromatic rings. The van der Waals surface area contributed by atoms with Crippen molar-refractivity contribution in [2.75, 3.05) is 0 Å². The molecule has 5 nitrogen and oxygen atoms in total. The lowest BCUT2D eigenvalue weighted by Gasteiger charge is -1.86. The van der Waals surface area contributed by atoms with Crippen molar-refractivity contribution in [1.82, 2.24) is 19.6 Å². The molecule has 0 amide bonds. The predicted molar refractivity (Wildman–Crippen MR) is 47.5 cm³/mol. The highest BCUT2D eigenvalue weighted by Crippen LogP contribution is 1.94. The Morgan fingerprint density at radius 3 is 3.23 bits per heavy atom. The molecule has 0 radical (unpaired) electrons. The van der Waals surface area contributed by atoms with Crippen LogP contribution in [0.25, 0.3) is 5.78 Å². The summed E-state index contributed by atoms with van der Waals surface area (Å²) in [5.41, 5.74) is -0.159. The third-order valence-corrected chi connectivity index (χ3v) is 1.64. The quantitative estimate of drug-likeness (QED) is 0.662. The van der Waals surface area contributed by atoms with Gasteiger partial charge in [-0.15, -0.1) is 6.58 Å². The normalized spacial score (nSPS) is 10.5. The van der Waals surface area contributed by atoms with Crippen molar-refractivity contribution in [2.24, 2.45) is 0 Å². The molecular weight excluding hydrogens is 168 g/mol. The lowest BCUT2D eigenvalue weighted by atomic mass is 10.4. The minimum Gasteiger partial charge on any atom is -0.275 e. The van der Waals surface area contributed by atoms with Crippen molar-refractivity contribution in [3.8, 4) is 0 Å². The SMILES string of the molecule is C=CCc1nc2nccc(=O)n2[nH]1. The monoisotopic (exact) mass is 176 g/mol. The van der Waals surface area contributed by atoms with E-state index < -0.39 is 0 Å². The van der Waals surface area contributed by atoms with E-state index in [2.05, 4.69) is 21.6 Å². The number of H-pyrrole nitrogens is 1. The van der Waals surface area contributed by atoms with Crippen LogP contribution in [0.4, 0.5) is 0 Å². The van der Waals surface area contributed by atoms with Crippen LogP contribution in [0, 0.1) is 0 Å². The summed E-state index contributed by atoms with van der Waals surface area (Å²) >= 11 is 0. The Morgan fingerprint density at radius 2 is 2.54 bits per heavy atom. The van der Waals surface area contributed by atoms with Crippen molar-refractivity contribution in [3.05, 3.63) is 41.1 Å². The van der Waals surface area contributed by atoms with Gasteiger partial charge in [0.15, 0.2) is 0 Å². The maximum absolute atomic E-state index is 11.2. The number of hydrogen-bond acceptors (Lipinski definition) is 3. The zero-order valence-corrected chi connectivity index (χ0v) is 6.90. The van der Waals surface area contributed by atoms with Crippen molar-refractivity contribution in [1.29, 1.82) is 0 Å². The van der Waals surface area contributed by atoms with Gasteiger partial charge in [0.1, 0.15) is 5.82 Å². The van der Waals surface area contributed by atoms with Crippen LogP contribution >= 0.6 is 0 Å². The van der Waals surface area contributed by atoms with E-state index in [0.29, 0.717) is 18.0 Å². The van der Waals surface area contributed by atoms with E-state index in [9.17, 15) is 4.79 Å². The fraction of sp³-hybridized carbons (Fsp3) is 0.125. The summed E-state index contributed by atoms with van der Waals surface area (Å²) in [4.78, 5) is 19.2. The summed E-state index contributed by atoms with van der Waals surface area (Å²) < 4.78 is 1.30. The number of nitrogens with zero attached hydrogens (tertiary/aromatic N) is 3. The summed E-state index contributed by atoms with van der Waals surface area (Å²) in [5, 5.41) is 2.82. The largest absolute Gasteiger partial charge is 0.275 e. The Balaban J connectivity index is 2.68. The maximum Gasteiger partial charge on any atom is 0.273 e. The van der Waals surface area contributed by atoms with Crippen LogP contribution in [0.2, 0.25) is 0 Å². The van der Waals surface area contributed by atoms with Crippen LogP contribution in [-0.2, 0) is 6.42 Å². The lowest BCUT2D eigenvalue weighted by Crippen LogP contribution is -2.12. The van der Waals surface area contributed by atoms with Crippen molar-refractivity contribution < 1.29 is 0 Å². The van der Waals surface area contributed by atoms with Crippen LogP contribution in [0.3, 0.4) is 0 Å². The van der Waals surface area contributed by atoms with E-state index in [4.69, 9.17) is 0 Å². The van der Waals surface area contributed by atoms with Gasteiger partial charge in [-0.25, -0.2) is 4.98 Å². The molecule has 0 saturated heterocycles. The molecular formula is C8H8N4O. The standard InChI is InChI=1S/C8H8N4O/c1-2-3-6-10-8-9-5-4-7(13)12(8)11-6/h2,4-5H,1,3H2,(H,9,10,11). The number of nitrogens with one attached hydrogen (secondary N) is 1. The van der Waals surface area contributed by atoms with Crippen molar-refractivity contribution in [2.45, 2.75) is 6.42 Å². The van der Waals surface area contributed by atoms with E-state index in [0.717, 1.165) is 0 Å². The Bertz CT molecular complexity index is 496. The van der Waals surface area contributed by atoms with Crippen LogP contribution in [-0.4, -0.2) is 19.6 Å². The number of rotatable bonds is 2. The highest BCUT2D eigenvalue weighted by molar-refractivity contribution is 5.25. The third kappa shape index (κ3) is 1.24. The van der Waals surface area contributed by atoms with Gasteiger partial charge < -0.3 is 0 Å². The molecule has 0 aliphatic heterocycles. The highest BCUT2D eigenvalue weighted by Gasteiger charge is 2.01. The van der Waals surface area contributed by atoms with Gasteiger partial charge in [-0.05, 0) is 0 Å². The number of fused-ring (bicyclic) bond motifs is 1. The van der Waals surface area contributed by atoms with Gasteiger partial charge in [-0.2, -0.15) is 9.50 Å². The van der Waals surface area contributed by atoms with Gasteiger partial charge in [0.2, 0.25) is 0 Å². The van der Waals surface area contributed by atoms with Gasteiger partial charge in [-0.1, -0.05) is 6.08 Å². The van der Waals surface area contributed by atoms with Crippen molar-refractivity contribution >= 4 is 5.78 Å². The van der Waals surface area contributed by atoms with Gasteiger partial charge in [0.05, 0.1) is 0 Å². The fourth-order valence-corrected chi connectivity index (χ4v) is 1.09. The molecule has 0 aliphatic rings. The first kappa shape index (κ1) is 7.72. The number of aromatic amines is 1. The Kier molecular flexibility index (Phi) is 1.70. The number of hydrogen-bond donors (Lipinski definition) is 1. The molecule has 2 rings (SSSR count). The zero-order valence-electron chi connectivity index (χ0n) is 6.90. The van der Waals surface area contributed by atoms with Crippen LogP contribution in [0.15, 0.2) is 29.7 Å². The van der Waals surface area contributed by atoms with Crippen LogP contribution in [0.1, 0.15) is 5.82 Å². The number of allylic oxidation sites excluding steroid dienone is 1.